The van der Waals surface area contributed by atoms with E-state index in [0.29, 0.717) is 24.3 Å². The summed E-state index contributed by atoms with van der Waals surface area (Å²) >= 11 is 0. The maximum Gasteiger partial charge on any atom is 0.270 e. The van der Waals surface area contributed by atoms with E-state index in [1.807, 2.05) is 12.1 Å². The molecule has 110 valence electrons. The number of non-ortho nitro benzene ring substituents is 1. The van der Waals surface area contributed by atoms with Crippen molar-refractivity contribution in [3.05, 3.63) is 64.0 Å². The number of aliphatic hydroxyl groups is 1. The van der Waals surface area contributed by atoms with E-state index in [-0.39, 0.29) is 5.69 Å². The fourth-order valence-electron chi connectivity index (χ4n) is 1.94. The number of aliphatic hydroxyl groups excluding tert-OH is 1. The van der Waals surface area contributed by atoms with Gasteiger partial charge in [-0.2, -0.15) is 0 Å². The van der Waals surface area contributed by atoms with Gasteiger partial charge in [0.05, 0.1) is 17.6 Å². The van der Waals surface area contributed by atoms with Gasteiger partial charge in [-0.3, -0.25) is 15.1 Å². The molecule has 0 saturated heterocycles. The second kappa shape index (κ2) is 6.81. The van der Waals surface area contributed by atoms with E-state index in [0.717, 1.165) is 5.56 Å². The smallest absolute Gasteiger partial charge is 0.270 e. The average Bonchev–Trinajstić information content (AvgIpc) is 2.48. The third-order valence-electron chi connectivity index (χ3n) is 3.05. The van der Waals surface area contributed by atoms with Crippen molar-refractivity contribution in [2.75, 3.05) is 6.61 Å². The number of aromatic nitrogens is 1. The molecule has 0 fully saturated rings. The lowest BCUT2D eigenvalue weighted by Crippen LogP contribution is -2.05. The molecule has 2 rings (SSSR count). The number of rotatable bonds is 6. The second-order valence-corrected chi connectivity index (χ2v) is 4.61. The van der Waals surface area contributed by atoms with E-state index in [9.17, 15) is 15.2 Å². The molecule has 2 aromatic rings. The Bertz CT molecular complexity index is 614. The summed E-state index contributed by atoms with van der Waals surface area (Å²) < 4.78 is 5.63. The summed E-state index contributed by atoms with van der Waals surface area (Å²) in [5.41, 5.74) is 1.44. The number of benzene rings is 1. The summed E-state index contributed by atoms with van der Waals surface area (Å²) in [7, 11) is 0. The van der Waals surface area contributed by atoms with Crippen molar-refractivity contribution < 1.29 is 14.8 Å². The predicted octanol–water partition coefficient (Wildman–Crippen LogP) is 2.66. The topological polar surface area (TPSA) is 85.5 Å². The highest BCUT2D eigenvalue weighted by molar-refractivity contribution is 5.44. The molecular formula is C15H16N2O4. The van der Waals surface area contributed by atoms with Crippen LogP contribution < -0.4 is 4.74 Å². The van der Waals surface area contributed by atoms with Crippen LogP contribution in [0.3, 0.4) is 0 Å². The fraction of sp³-hybridized carbons (Fsp3) is 0.267. The molecule has 0 radical (unpaired) electrons. The van der Waals surface area contributed by atoms with Crippen molar-refractivity contribution in [3.63, 3.8) is 0 Å². The van der Waals surface area contributed by atoms with Crippen molar-refractivity contribution in [1.82, 2.24) is 4.98 Å². The van der Waals surface area contributed by atoms with Crippen LogP contribution in [0, 0.1) is 10.1 Å². The maximum absolute atomic E-state index is 10.8. The van der Waals surface area contributed by atoms with Gasteiger partial charge < -0.3 is 9.84 Å². The summed E-state index contributed by atoms with van der Waals surface area (Å²) in [4.78, 5) is 14.2. The number of ether oxygens (including phenoxy) is 1. The lowest BCUT2D eigenvalue weighted by Gasteiger charge is -2.13. The van der Waals surface area contributed by atoms with Crippen LogP contribution in [0.5, 0.6) is 5.75 Å². The van der Waals surface area contributed by atoms with Gasteiger partial charge in [0.15, 0.2) is 0 Å². The minimum absolute atomic E-state index is 0.0626. The van der Waals surface area contributed by atoms with Crippen molar-refractivity contribution in [2.24, 2.45) is 0 Å². The summed E-state index contributed by atoms with van der Waals surface area (Å²) in [6.45, 7) is 1.97. The number of nitrogens with zero attached hydrogens (tertiary/aromatic N) is 2. The molecule has 1 aromatic carbocycles. The summed E-state index contributed by atoms with van der Waals surface area (Å²) in [6.07, 6.45) is 3.28. The van der Waals surface area contributed by atoms with Gasteiger partial charge in [-0.05, 0) is 30.7 Å². The van der Waals surface area contributed by atoms with E-state index in [1.165, 1.54) is 18.2 Å². The molecule has 1 atom stereocenters. The van der Waals surface area contributed by atoms with Crippen LogP contribution >= 0.6 is 0 Å². The SMILES string of the molecule is CC(O)c1cc([N+](=O)[O-])ccc1OCCc1ccncc1. The summed E-state index contributed by atoms with van der Waals surface area (Å²) in [5, 5.41) is 20.5. The van der Waals surface area contributed by atoms with E-state index in [2.05, 4.69) is 4.98 Å². The zero-order chi connectivity index (χ0) is 15.2. The Morgan fingerprint density at radius 3 is 2.67 bits per heavy atom. The van der Waals surface area contributed by atoms with Crippen molar-refractivity contribution in [3.8, 4) is 5.75 Å². The van der Waals surface area contributed by atoms with Gasteiger partial charge in [-0.1, -0.05) is 0 Å². The number of nitro benzene ring substituents is 1. The minimum Gasteiger partial charge on any atom is -0.493 e. The molecule has 6 heteroatoms. The molecular weight excluding hydrogens is 272 g/mol. The third-order valence-corrected chi connectivity index (χ3v) is 3.05. The van der Waals surface area contributed by atoms with Gasteiger partial charge in [0.1, 0.15) is 5.75 Å². The van der Waals surface area contributed by atoms with E-state index < -0.39 is 11.0 Å². The number of pyridine rings is 1. The maximum atomic E-state index is 10.8. The highest BCUT2D eigenvalue weighted by atomic mass is 16.6. The average molecular weight is 288 g/mol. The van der Waals surface area contributed by atoms with E-state index in [4.69, 9.17) is 4.74 Å². The van der Waals surface area contributed by atoms with Crippen molar-refractivity contribution in [1.29, 1.82) is 0 Å². The lowest BCUT2D eigenvalue weighted by atomic mass is 10.1. The third kappa shape index (κ3) is 4.00. The van der Waals surface area contributed by atoms with Crippen molar-refractivity contribution in [2.45, 2.75) is 19.4 Å². The van der Waals surface area contributed by atoms with Crippen molar-refractivity contribution >= 4 is 5.69 Å². The van der Waals surface area contributed by atoms with Gasteiger partial charge in [0.2, 0.25) is 0 Å². The number of hydrogen-bond donors (Lipinski definition) is 1. The van der Waals surface area contributed by atoms with Crippen LogP contribution in [0.1, 0.15) is 24.2 Å². The first-order valence-electron chi connectivity index (χ1n) is 6.56. The Morgan fingerprint density at radius 1 is 1.33 bits per heavy atom. The standard InChI is InChI=1S/C15H16N2O4/c1-11(18)14-10-13(17(19)20)2-3-15(14)21-9-6-12-4-7-16-8-5-12/h2-5,7-8,10-11,18H,6,9H2,1H3. The molecule has 1 unspecified atom stereocenters. The monoisotopic (exact) mass is 288 g/mol. The first-order chi connectivity index (χ1) is 10.1. The lowest BCUT2D eigenvalue weighted by molar-refractivity contribution is -0.385. The van der Waals surface area contributed by atoms with Gasteiger partial charge in [-0.25, -0.2) is 0 Å². The molecule has 1 heterocycles. The zero-order valence-electron chi connectivity index (χ0n) is 11.6. The van der Waals surface area contributed by atoms with Crippen LogP contribution in [0.2, 0.25) is 0 Å². The van der Waals surface area contributed by atoms with Gasteiger partial charge in [0, 0.05) is 36.5 Å². The Balaban J connectivity index is 2.07. The normalized spacial score (nSPS) is 11.9. The molecule has 0 aliphatic heterocycles. The first kappa shape index (κ1) is 14.9. The Labute approximate surface area is 122 Å². The molecule has 1 N–H and O–H groups in total. The van der Waals surface area contributed by atoms with Crippen LogP contribution in [0.4, 0.5) is 5.69 Å². The van der Waals surface area contributed by atoms with Gasteiger partial charge >= 0.3 is 0 Å². The van der Waals surface area contributed by atoms with Crippen LogP contribution in [-0.4, -0.2) is 21.6 Å². The molecule has 0 spiro atoms. The van der Waals surface area contributed by atoms with Crippen LogP contribution in [0.15, 0.2) is 42.7 Å². The summed E-state index contributed by atoms with van der Waals surface area (Å²) in [6, 6.07) is 8.02. The molecule has 0 aliphatic rings. The molecule has 0 amide bonds. The quantitative estimate of drug-likeness (QED) is 0.652. The predicted molar refractivity (Wildman–Crippen MR) is 77.2 cm³/mol. The molecule has 6 nitrogen and oxygen atoms in total. The Morgan fingerprint density at radius 2 is 2.05 bits per heavy atom. The highest BCUT2D eigenvalue weighted by Gasteiger charge is 2.15. The van der Waals surface area contributed by atoms with Crippen LogP contribution in [0.25, 0.3) is 0 Å². The van der Waals surface area contributed by atoms with Gasteiger partial charge in [0.25, 0.3) is 5.69 Å². The molecule has 0 aliphatic carbocycles. The molecule has 1 aromatic heterocycles. The van der Waals surface area contributed by atoms with E-state index >= 15 is 0 Å². The van der Waals surface area contributed by atoms with E-state index in [1.54, 1.807) is 19.3 Å². The molecule has 0 saturated carbocycles. The Kier molecular flexibility index (Phi) is 4.84. The zero-order valence-corrected chi connectivity index (χ0v) is 11.6. The largest absolute Gasteiger partial charge is 0.493 e. The van der Waals surface area contributed by atoms with Crippen LogP contribution in [-0.2, 0) is 6.42 Å². The first-order valence-corrected chi connectivity index (χ1v) is 6.56. The fourth-order valence-corrected chi connectivity index (χ4v) is 1.94. The highest BCUT2D eigenvalue weighted by Crippen LogP contribution is 2.29. The minimum atomic E-state index is -0.833. The Hall–Kier alpha value is -2.47. The molecule has 0 bridgehead atoms. The summed E-state index contributed by atoms with van der Waals surface area (Å²) in [5.74, 6) is 0.463. The molecule has 21 heavy (non-hydrogen) atoms. The number of hydrogen-bond acceptors (Lipinski definition) is 5. The second-order valence-electron chi connectivity index (χ2n) is 4.61. The van der Waals surface area contributed by atoms with Gasteiger partial charge in [-0.15, -0.1) is 0 Å². The number of nitro groups is 1.